The zero-order chi connectivity index (χ0) is 10.3. The number of hydrogen-bond donors (Lipinski definition) is 2. The number of carboxylic acids is 2. The van der Waals surface area contributed by atoms with Gasteiger partial charge < -0.3 is 15.1 Å². The topological polar surface area (TPSA) is 77.6 Å². The van der Waals surface area contributed by atoms with Gasteiger partial charge in [0.05, 0.1) is 6.42 Å². The van der Waals surface area contributed by atoms with Gasteiger partial charge in [-0.25, -0.2) is 4.79 Å². The van der Waals surface area contributed by atoms with Crippen molar-refractivity contribution < 1.29 is 19.8 Å². The fourth-order valence-electron chi connectivity index (χ4n) is 0.548. The molecule has 0 aromatic heterocycles. The summed E-state index contributed by atoms with van der Waals surface area (Å²) in [5, 5.41) is 15.8. The number of rotatable bonds is 4. The van der Waals surface area contributed by atoms with Gasteiger partial charge in [0.25, 0.3) is 0 Å². The first kappa shape index (κ1) is 11.6. The third-order valence-electron chi connectivity index (χ3n) is 1.36. The fourth-order valence-corrected chi connectivity index (χ4v) is 0.548. The van der Waals surface area contributed by atoms with Gasteiger partial charge in [-0.1, -0.05) is 6.58 Å². The van der Waals surface area contributed by atoms with Crippen molar-refractivity contribution in [3.63, 3.8) is 0 Å². The minimum absolute atomic E-state index is 0.292. The van der Waals surface area contributed by atoms with Gasteiger partial charge in [0.15, 0.2) is 0 Å². The van der Waals surface area contributed by atoms with Crippen LogP contribution in [0.5, 0.6) is 0 Å². The third kappa shape index (κ3) is 10.6. The average molecular weight is 187 g/mol. The standard InChI is InChI=1S/C5H9NO2.C3H4O2/c7-5(8)1-2-6-3-4-6;1-2-3(4)5/h1-4H2,(H,7,8);2H,1H2,(H,4,5). The third-order valence-corrected chi connectivity index (χ3v) is 1.36. The van der Waals surface area contributed by atoms with Crippen molar-refractivity contribution in [2.24, 2.45) is 0 Å². The quantitative estimate of drug-likeness (QED) is 0.479. The second-order valence-electron chi connectivity index (χ2n) is 2.53. The molecular formula is C8H13NO4. The summed E-state index contributed by atoms with van der Waals surface area (Å²) in [4.78, 5) is 21.2. The number of aliphatic carboxylic acids is 2. The normalized spacial score (nSPS) is 13.8. The van der Waals surface area contributed by atoms with Crippen LogP contribution in [-0.2, 0) is 9.59 Å². The van der Waals surface area contributed by atoms with Crippen molar-refractivity contribution in [3.05, 3.63) is 12.7 Å². The molecule has 0 amide bonds. The lowest BCUT2D eigenvalue weighted by atomic mass is 10.4. The summed E-state index contributed by atoms with van der Waals surface area (Å²) >= 11 is 0. The molecular weight excluding hydrogens is 174 g/mol. The largest absolute Gasteiger partial charge is 0.481 e. The first-order valence-electron chi connectivity index (χ1n) is 3.85. The molecule has 13 heavy (non-hydrogen) atoms. The number of carboxylic acid groups (broad SMARTS) is 2. The molecule has 0 unspecified atom stereocenters. The summed E-state index contributed by atoms with van der Waals surface area (Å²) in [6, 6.07) is 0. The molecule has 1 heterocycles. The summed E-state index contributed by atoms with van der Waals surface area (Å²) in [7, 11) is 0. The molecule has 0 saturated carbocycles. The van der Waals surface area contributed by atoms with E-state index in [-0.39, 0.29) is 0 Å². The van der Waals surface area contributed by atoms with E-state index < -0.39 is 11.9 Å². The van der Waals surface area contributed by atoms with Crippen molar-refractivity contribution >= 4 is 11.9 Å². The maximum absolute atomic E-state index is 9.90. The molecule has 0 atom stereocenters. The van der Waals surface area contributed by atoms with E-state index >= 15 is 0 Å². The monoisotopic (exact) mass is 187 g/mol. The lowest BCUT2D eigenvalue weighted by Gasteiger charge is -1.92. The first-order chi connectivity index (χ1) is 6.06. The van der Waals surface area contributed by atoms with E-state index in [1.165, 1.54) is 0 Å². The summed E-state index contributed by atoms with van der Waals surface area (Å²) < 4.78 is 0. The molecule has 1 fully saturated rings. The van der Waals surface area contributed by atoms with E-state index in [1.54, 1.807) is 0 Å². The van der Waals surface area contributed by atoms with Crippen LogP contribution in [0, 0.1) is 0 Å². The smallest absolute Gasteiger partial charge is 0.327 e. The van der Waals surface area contributed by atoms with Crippen molar-refractivity contribution in [1.29, 1.82) is 0 Å². The summed E-state index contributed by atoms with van der Waals surface area (Å²) in [6.45, 7) is 5.87. The molecule has 0 aliphatic carbocycles. The maximum Gasteiger partial charge on any atom is 0.327 e. The van der Waals surface area contributed by atoms with Crippen molar-refractivity contribution in [2.45, 2.75) is 6.42 Å². The van der Waals surface area contributed by atoms with Gasteiger partial charge in [-0.2, -0.15) is 0 Å². The Balaban J connectivity index is 0.000000252. The van der Waals surface area contributed by atoms with E-state index in [4.69, 9.17) is 10.2 Å². The summed E-state index contributed by atoms with van der Waals surface area (Å²) in [5.41, 5.74) is 0. The van der Waals surface area contributed by atoms with Gasteiger partial charge in [0.1, 0.15) is 0 Å². The van der Waals surface area contributed by atoms with Crippen molar-refractivity contribution in [2.75, 3.05) is 19.6 Å². The van der Waals surface area contributed by atoms with Gasteiger partial charge in [-0.3, -0.25) is 4.79 Å². The van der Waals surface area contributed by atoms with E-state index in [0.717, 1.165) is 25.7 Å². The minimum Gasteiger partial charge on any atom is -0.481 e. The molecule has 0 aromatic rings. The van der Waals surface area contributed by atoms with Gasteiger partial charge >= 0.3 is 11.9 Å². The molecule has 0 radical (unpaired) electrons. The molecule has 1 aliphatic rings. The molecule has 0 bridgehead atoms. The lowest BCUT2D eigenvalue weighted by Crippen LogP contribution is -2.05. The highest BCUT2D eigenvalue weighted by atomic mass is 16.4. The van der Waals surface area contributed by atoms with Gasteiger partial charge in [-0.05, 0) is 0 Å². The maximum atomic E-state index is 9.90. The average Bonchev–Trinajstić information content (AvgIpc) is 2.85. The van der Waals surface area contributed by atoms with Crippen LogP contribution < -0.4 is 0 Å². The summed E-state index contributed by atoms with van der Waals surface area (Å²) in [6.07, 6.45) is 1.12. The minimum atomic E-state index is -0.981. The van der Waals surface area contributed by atoms with Gasteiger partial charge in [0, 0.05) is 25.7 Å². The Bertz CT molecular complexity index is 198. The van der Waals surface area contributed by atoms with Crippen LogP contribution in [0.15, 0.2) is 12.7 Å². The van der Waals surface area contributed by atoms with Gasteiger partial charge in [-0.15, -0.1) is 0 Å². The van der Waals surface area contributed by atoms with Crippen LogP contribution in [0.2, 0.25) is 0 Å². The van der Waals surface area contributed by atoms with Crippen LogP contribution in [0.25, 0.3) is 0 Å². The molecule has 2 N–H and O–H groups in total. The Morgan fingerprint density at radius 1 is 1.38 bits per heavy atom. The Morgan fingerprint density at radius 2 is 1.85 bits per heavy atom. The molecule has 1 saturated heterocycles. The van der Waals surface area contributed by atoms with E-state index in [1.807, 2.05) is 0 Å². The van der Waals surface area contributed by atoms with Crippen molar-refractivity contribution in [1.82, 2.24) is 4.90 Å². The van der Waals surface area contributed by atoms with E-state index in [0.29, 0.717) is 6.42 Å². The Hall–Kier alpha value is -1.36. The highest BCUT2D eigenvalue weighted by Gasteiger charge is 2.16. The van der Waals surface area contributed by atoms with Crippen LogP contribution in [-0.4, -0.2) is 46.7 Å². The van der Waals surface area contributed by atoms with Crippen LogP contribution in [0.1, 0.15) is 6.42 Å². The van der Waals surface area contributed by atoms with Gasteiger partial charge in [0.2, 0.25) is 0 Å². The van der Waals surface area contributed by atoms with Crippen LogP contribution in [0.3, 0.4) is 0 Å². The fraction of sp³-hybridized carbons (Fsp3) is 0.500. The Labute approximate surface area is 76.3 Å². The highest BCUT2D eigenvalue weighted by Crippen LogP contribution is 2.02. The predicted octanol–water partition coefficient (Wildman–Crippen LogP) is 0.0337. The zero-order valence-corrected chi connectivity index (χ0v) is 7.27. The first-order valence-corrected chi connectivity index (χ1v) is 3.85. The van der Waals surface area contributed by atoms with E-state index in [9.17, 15) is 9.59 Å². The number of nitrogens with zero attached hydrogens (tertiary/aromatic N) is 1. The number of hydrogen-bond acceptors (Lipinski definition) is 3. The lowest BCUT2D eigenvalue weighted by molar-refractivity contribution is -0.137. The molecule has 0 spiro atoms. The number of carbonyl (C=O) groups is 2. The molecule has 1 aliphatic heterocycles. The molecule has 0 aromatic carbocycles. The molecule has 5 heteroatoms. The second-order valence-corrected chi connectivity index (χ2v) is 2.53. The molecule has 5 nitrogen and oxygen atoms in total. The van der Waals surface area contributed by atoms with Crippen LogP contribution >= 0.6 is 0 Å². The highest BCUT2D eigenvalue weighted by molar-refractivity contribution is 5.78. The Morgan fingerprint density at radius 3 is 2.08 bits per heavy atom. The SMILES string of the molecule is C=CC(=O)O.O=C(O)CCN1CC1. The summed E-state index contributed by atoms with van der Waals surface area (Å²) in [5.74, 6) is -1.68. The zero-order valence-electron chi connectivity index (χ0n) is 7.27. The van der Waals surface area contributed by atoms with E-state index in [2.05, 4.69) is 11.5 Å². The second kappa shape index (κ2) is 6.19. The molecule has 74 valence electrons. The molecule has 1 rings (SSSR count). The predicted molar refractivity (Wildman–Crippen MR) is 46.5 cm³/mol. The van der Waals surface area contributed by atoms with Crippen molar-refractivity contribution in [3.8, 4) is 0 Å². The Kier molecular flexibility index (Phi) is 5.54. The van der Waals surface area contributed by atoms with Crippen LogP contribution in [0.4, 0.5) is 0 Å².